The second kappa shape index (κ2) is 10.8. The van der Waals surface area contributed by atoms with E-state index < -0.39 is 0 Å². The van der Waals surface area contributed by atoms with E-state index in [9.17, 15) is 9.59 Å². The quantitative estimate of drug-likeness (QED) is 0.278. The molecule has 0 bridgehead atoms. The van der Waals surface area contributed by atoms with Crippen LogP contribution >= 0.6 is 0 Å². The Hall–Kier alpha value is -4.30. The van der Waals surface area contributed by atoms with Crippen molar-refractivity contribution < 1.29 is 18.7 Å². The van der Waals surface area contributed by atoms with E-state index in [1.807, 2.05) is 49.3 Å². The van der Waals surface area contributed by atoms with Crippen LogP contribution in [-0.4, -0.2) is 55.5 Å². The van der Waals surface area contributed by atoms with E-state index >= 15 is 0 Å². The second-order valence-electron chi connectivity index (χ2n) is 8.35. The molecule has 0 aliphatic heterocycles. The number of ether oxygens (including phenoxy) is 1. The molecule has 8 heteroatoms. The van der Waals surface area contributed by atoms with Gasteiger partial charge in [0.25, 0.3) is 11.8 Å². The summed E-state index contributed by atoms with van der Waals surface area (Å²) in [6.45, 7) is 1.07. The van der Waals surface area contributed by atoms with E-state index in [0.29, 0.717) is 47.2 Å². The molecule has 0 spiro atoms. The third-order valence-electron chi connectivity index (χ3n) is 5.33. The van der Waals surface area contributed by atoms with Crippen LogP contribution in [0.1, 0.15) is 20.9 Å². The van der Waals surface area contributed by atoms with Crippen LogP contribution in [0.25, 0.3) is 11.0 Å². The Morgan fingerprint density at radius 3 is 2.40 bits per heavy atom. The van der Waals surface area contributed by atoms with Gasteiger partial charge >= 0.3 is 0 Å². The summed E-state index contributed by atoms with van der Waals surface area (Å²) in [5.74, 6) is 0.429. The molecular weight excluding hydrogens is 444 g/mol. The first-order chi connectivity index (χ1) is 16.9. The molecule has 0 aliphatic carbocycles. The number of nitrogens with two attached hydrogens (primary N) is 1. The Morgan fingerprint density at radius 2 is 1.69 bits per heavy atom. The third-order valence-corrected chi connectivity index (χ3v) is 5.33. The number of amides is 2. The van der Waals surface area contributed by atoms with E-state index in [1.165, 1.54) is 0 Å². The van der Waals surface area contributed by atoms with Gasteiger partial charge in [-0.05, 0) is 62.6 Å². The van der Waals surface area contributed by atoms with E-state index in [2.05, 4.69) is 5.32 Å². The molecule has 8 nitrogen and oxygen atoms in total. The fraction of sp³-hybridized carbons (Fsp3) is 0.185. The maximum absolute atomic E-state index is 13.1. The monoisotopic (exact) mass is 472 g/mol. The van der Waals surface area contributed by atoms with Gasteiger partial charge < -0.3 is 25.1 Å². The molecule has 1 heterocycles. The van der Waals surface area contributed by atoms with Crippen LogP contribution in [0.15, 0.2) is 83.3 Å². The molecule has 0 saturated carbocycles. The fourth-order valence-corrected chi connectivity index (χ4v) is 3.60. The van der Waals surface area contributed by atoms with Crippen LogP contribution in [0.3, 0.4) is 0 Å². The average Bonchev–Trinajstić information content (AvgIpc) is 3.29. The Kier molecular flexibility index (Phi) is 7.32. The Balaban J connectivity index is 1.35. The van der Waals surface area contributed by atoms with Crippen molar-refractivity contribution >= 4 is 34.2 Å². The standard InChI is InChI=1S/C27H28N4O4/c1-30(2)18-31(27(33)25-17-20-7-3-6-10-24(20)35-25)15-16-34-21-13-11-19(12-14-21)26(32)29-23-9-5-4-8-22(23)28/h3-14,17H,15-16,18,28H2,1-2H3,(H,29,32). The highest BCUT2D eigenvalue weighted by molar-refractivity contribution is 6.05. The smallest absolute Gasteiger partial charge is 0.290 e. The zero-order valence-corrected chi connectivity index (χ0v) is 19.7. The molecule has 4 aromatic rings. The van der Waals surface area contributed by atoms with E-state index in [0.717, 1.165) is 5.39 Å². The number of hydrogen-bond acceptors (Lipinski definition) is 6. The van der Waals surface area contributed by atoms with Gasteiger partial charge in [-0.3, -0.25) is 14.5 Å². The van der Waals surface area contributed by atoms with Crippen molar-refractivity contribution in [1.29, 1.82) is 0 Å². The minimum atomic E-state index is -0.261. The summed E-state index contributed by atoms with van der Waals surface area (Å²) < 4.78 is 11.6. The highest BCUT2D eigenvalue weighted by Gasteiger charge is 2.20. The lowest BCUT2D eigenvalue weighted by atomic mass is 10.2. The fourth-order valence-electron chi connectivity index (χ4n) is 3.60. The van der Waals surface area contributed by atoms with Gasteiger partial charge in [0, 0.05) is 10.9 Å². The predicted molar refractivity (Wildman–Crippen MR) is 137 cm³/mol. The molecule has 1 aromatic heterocycles. The SMILES string of the molecule is CN(C)CN(CCOc1ccc(C(=O)Nc2ccccc2N)cc1)C(=O)c1cc2ccccc2o1. The highest BCUT2D eigenvalue weighted by Crippen LogP contribution is 2.21. The molecule has 0 radical (unpaired) electrons. The second-order valence-corrected chi connectivity index (χ2v) is 8.35. The number of fused-ring (bicyclic) bond motifs is 1. The van der Waals surface area contributed by atoms with E-state index in [1.54, 1.807) is 53.4 Å². The lowest BCUT2D eigenvalue weighted by Crippen LogP contribution is -2.40. The lowest BCUT2D eigenvalue weighted by Gasteiger charge is -2.25. The minimum absolute atomic E-state index is 0.203. The van der Waals surface area contributed by atoms with Gasteiger partial charge in [0.05, 0.1) is 24.6 Å². The van der Waals surface area contributed by atoms with Crippen molar-refractivity contribution in [2.75, 3.05) is 45.0 Å². The van der Waals surface area contributed by atoms with Gasteiger partial charge in [-0.2, -0.15) is 0 Å². The average molecular weight is 473 g/mol. The normalized spacial score (nSPS) is 10.9. The molecule has 0 saturated heterocycles. The molecule has 180 valence electrons. The van der Waals surface area contributed by atoms with Crippen molar-refractivity contribution in [2.45, 2.75) is 0 Å². The third kappa shape index (κ3) is 5.99. The van der Waals surface area contributed by atoms with Gasteiger partial charge in [0.2, 0.25) is 0 Å². The maximum Gasteiger partial charge on any atom is 0.290 e. The number of nitrogen functional groups attached to an aromatic ring is 1. The summed E-state index contributed by atoms with van der Waals surface area (Å²) >= 11 is 0. The molecule has 2 amide bonds. The summed E-state index contributed by atoms with van der Waals surface area (Å²) in [5.41, 5.74) is 8.11. The first-order valence-electron chi connectivity index (χ1n) is 11.2. The van der Waals surface area contributed by atoms with Crippen LogP contribution in [0.4, 0.5) is 11.4 Å². The summed E-state index contributed by atoms with van der Waals surface area (Å²) in [6, 6.07) is 23.2. The Morgan fingerprint density at radius 1 is 0.971 bits per heavy atom. The van der Waals surface area contributed by atoms with Crippen molar-refractivity contribution in [3.63, 3.8) is 0 Å². The van der Waals surface area contributed by atoms with E-state index in [-0.39, 0.29) is 18.4 Å². The molecule has 3 aromatic carbocycles. The number of nitrogens with zero attached hydrogens (tertiary/aromatic N) is 2. The molecule has 0 aliphatic rings. The van der Waals surface area contributed by atoms with Crippen LogP contribution in [0.5, 0.6) is 5.75 Å². The van der Waals surface area contributed by atoms with Crippen LogP contribution in [-0.2, 0) is 0 Å². The highest BCUT2D eigenvalue weighted by atomic mass is 16.5. The van der Waals surface area contributed by atoms with E-state index in [4.69, 9.17) is 14.9 Å². The number of rotatable bonds is 9. The molecule has 3 N–H and O–H groups in total. The number of anilines is 2. The van der Waals surface area contributed by atoms with Crippen molar-refractivity contribution in [3.8, 4) is 5.75 Å². The number of carbonyl (C=O) groups is 2. The maximum atomic E-state index is 13.1. The molecule has 0 unspecified atom stereocenters. The van der Waals surface area contributed by atoms with Crippen LogP contribution in [0.2, 0.25) is 0 Å². The number of carbonyl (C=O) groups excluding carboxylic acids is 2. The predicted octanol–water partition coefficient (Wildman–Crippen LogP) is 4.31. The first kappa shape index (κ1) is 23.8. The summed E-state index contributed by atoms with van der Waals surface area (Å²) in [7, 11) is 3.79. The molecule has 4 rings (SSSR count). The number of benzene rings is 3. The van der Waals surface area contributed by atoms with Crippen molar-refractivity contribution in [3.05, 3.63) is 90.2 Å². The van der Waals surface area contributed by atoms with Crippen LogP contribution in [0, 0.1) is 0 Å². The lowest BCUT2D eigenvalue weighted by molar-refractivity contribution is 0.0613. The summed E-state index contributed by atoms with van der Waals surface area (Å²) in [4.78, 5) is 29.2. The summed E-state index contributed by atoms with van der Waals surface area (Å²) in [6.07, 6.45) is 0. The van der Waals surface area contributed by atoms with Gasteiger partial charge in [-0.25, -0.2) is 0 Å². The molecular formula is C27H28N4O4. The van der Waals surface area contributed by atoms with Gasteiger partial charge in [0.1, 0.15) is 17.9 Å². The topological polar surface area (TPSA) is 101 Å². The van der Waals surface area contributed by atoms with Crippen LogP contribution < -0.4 is 15.8 Å². The Bertz CT molecular complexity index is 1280. The molecule has 0 atom stereocenters. The Labute approximate surface area is 203 Å². The largest absolute Gasteiger partial charge is 0.492 e. The number of furan rings is 1. The number of nitrogens with one attached hydrogen (secondary N) is 1. The van der Waals surface area contributed by atoms with Crippen molar-refractivity contribution in [2.24, 2.45) is 0 Å². The zero-order valence-electron chi connectivity index (χ0n) is 19.7. The zero-order chi connectivity index (χ0) is 24.8. The number of para-hydroxylation sites is 3. The molecule has 35 heavy (non-hydrogen) atoms. The van der Waals surface area contributed by atoms with Crippen molar-refractivity contribution in [1.82, 2.24) is 9.80 Å². The number of hydrogen-bond donors (Lipinski definition) is 2. The minimum Gasteiger partial charge on any atom is -0.492 e. The van der Waals surface area contributed by atoms with Gasteiger partial charge in [-0.1, -0.05) is 30.3 Å². The summed E-state index contributed by atoms with van der Waals surface area (Å²) in [5, 5.41) is 3.68. The first-order valence-corrected chi connectivity index (χ1v) is 11.2. The van der Waals surface area contributed by atoms with Gasteiger partial charge in [0.15, 0.2) is 5.76 Å². The molecule has 0 fully saturated rings. The van der Waals surface area contributed by atoms with Gasteiger partial charge in [-0.15, -0.1) is 0 Å².